The van der Waals surface area contributed by atoms with Gasteiger partial charge in [-0.2, -0.15) is 8.78 Å². The lowest BCUT2D eigenvalue weighted by atomic mass is 10.3. The van der Waals surface area contributed by atoms with E-state index in [4.69, 9.17) is 0 Å². The Morgan fingerprint density at radius 1 is 1.23 bits per heavy atom. The lowest BCUT2D eigenvalue weighted by molar-refractivity contribution is -0.206. The van der Waals surface area contributed by atoms with Gasteiger partial charge in [0.1, 0.15) is 12.4 Å². The number of halogens is 2. The van der Waals surface area contributed by atoms with Gasteiger partial charge in [-0.1, -0.05) is 18.2 Å². The molecule has 2 nitrogen and oxygen atoms in total. The molecule has 0 unspecified atom stereocenters. The van der Waals surface area contributed by atoms with E-state index in [-0.39, 0.29) is 5.75 Å². The second kappa shape index (κ2) is 4.18. The number of hydrogen-bond acceptors (Lipinski definition) is 2. The summed E-state index contributed by atoms with van der Waals surface area (Å²) in [7, 11) is 1.20. The second-order valence-electron chi connectivity index (χ2n) is 2.49. The maximum atomic E-state index is 12.8. The molecule has 4 heteroatoms. The van der Waals surface area contributed by atoms with Gasteiger partial charge in [0.05, 0.1) is 0 Å². The van der Waals surface area contributed by atoms with Crippen molar-refractivity contribution in [1.29, 1.82) is 0 Å². The van der Waals surface area contributed by atoms with Gasteiger partial charge in [-0.3, -0.25) is 0 Å². The van der Waals surface area contributed by atoms with E-state index in [1.165, 1.54) is 19.2 Å². The number of alkyl halides is 2. The van der Waals surface area contributed by atoms with Gasteiger partial charge in [0, 0.05) is 7.11 Å². The van der Waals surface area contributed by atoms with Crippen LogP contribution in [-0.2, 0) is 4.74 Å². The van der Waals surface area contributed by atoms with Gasteiger partial charge < -0.3 is 9.47 Å². The topological polar surface area (TPSA) is 18.5 Å². The molecule has 0 heterocycles. The fourth-order valence-electron chi connectivity index (χ4n) is 0.858. The standard InChI is InChI=1S/C9H10F2O2/c1-12-7-9(10,11)13-8-5-3-2-4-6-8/h2-6H,7H2,1H3. The Kier molecular flexibility index (Phi) is 3.19. The number of hydrogen-bond donors (Lipinski definition) is 0. The van der Waals surface area contributed by atoms with Gasteiger partial charge in [-0.05, 0) is 12.1 Å². The first-order valence-electron chi connectivity index (χ1n) is 3.75. The summed E-state index contributed by atoms with van der Waals surface area (Å²) in [4.78, 5) is 0. The summed E-state index contributed by atoms with van der Waals surface area (Å²) in [5, 5.41) is 0. The van der Waals surface area contributed by atoms with Gasteiger partial charge in [-0.25, -0.2) is 0 Å². The number of benzene rings is 1. The van der Waals surface area contributed by atoms with Crippen LogP contribution in [0.25, 0.3) is 0 Å². The van der Waals surface area contributed by atoms with Crippen LogP contribution >= 0.6 is 0 Å². The molecule has 0 fully saturated rings. The lowest BCUT2D eigenvalue weighted by Crippen LogP contribution is -2.30. The molecule has 0 radical (unpaired) electrons. The van der Waals surface area contributed by atoms with Crippen LogP contribution in [0, 0.1) is 0 Å². The molecule has 13 heavy (non-hydrogen) atoms. The first-order valence-corrected chi connectivity index (χ1v) is 3.75. The van der Waals surface area contributed by atoms with Crippen molar-refractivity contribution in [3.05, 3.63) is 30.3 Å². The van der Waals surface area contributed by atoms with Gasteiger partial charge in [0.25, 0.3) is 0 Å². The van der Waals surface area contributed by atoms with Gasteiger partial charge >= 0.3 is 6.11 Å². The summed E-state index contributed by atoms with van der Waals surface area (Å²) >= 11 is 0. The summed E-state index contributed by atoms with van der Waals surface area (Å²) < 4.78 is 34.2. The number of methoxy groups -OCH3 is 1. The van der Waals surface area contributed by atoms with Crippen LogP contribution in [0.4, 0.5) is 8.78 Å². The van der Waals surface area contributed by atoms with Gasteiger partial charge in [-0.15, -0.1) is 0 Å². The summed E-state index contributed by atoms with van der Waals surface area (Å²) in [6.45, 7) is -0.748. The fourth-order valence-corrected chi connectivity index (χ4v) is 0.858. The molecule has 1 rings (SSSR count). The third kappa shape index (κ3) is 3.38. The zero-order valence-electron chi connectivity index (χ0n) is 7.17. The molecule has 0 N–H and O–H groups in total. The minimum absolute atomic E-state index is 0.129. The minimum atomic E-state index is -3.27. The summed E-state index contributed by atoms with van der Waals surface area (Å²) in [5.74, 6) is 0.129. The number of ether oxygens (including phenoxy) is 2. The van der Waals surface area contributed by atoms with E-state index in [2.05, 4.69) is 9.47 Å². The highest BCUT2D eigenvalue weighted by atomic mass is 19.3. The predicted octanol–water partition coefficient (Wildman–Crippen LogP) is 2.30. The molecule has 0 spiro atoms. The van der Waals surface area contributed by atoms with Crippen molar-refractivity contribution in [2.75, 3.05) is 13.7 Å². The molecule has 0 aliphatic carbocycles. The average Bonchev–Trinajstić information content (AvgIpc) is 2.04. The third-order valence-electron chi connectivity index (χ3n) is 1.32. The average molecular weight is 188 g/mol. The molecule has 0 aliphatic rings. The Hall–Kier alpha value is -1.16. The molecule has 72 valence electrons. The van der Waals surface area contributed by atoms with Crippen LogP contribution < -0.4 is 4.74 Å². The molecule has 1 aromatic rings. The van der Waals surface area contributed by atoms with Crippen molar-refractivity contribution in [1.82, 2.24) is 0 Å². The van der Waals surface area contributed by atoms with Crippen molar-refractivity contribution in [3.63, 3.8) is 0 Å². The van der Waals surface area contributed by atoms with Crippen molar-refractivity contribution < 1.29 is 18.3 Å². The van der Waals surface area contributed by atoms with E-state index >= 15 is 0 Å². The minimum Gasteiger partial charge on any atom is -0.431 e. The Morgan fingerprint density at radius 2 is 1.85 bits per heavy atom. The van der Waals surface area contributed by atoms with E-state index in [9.17, 15) is 8.78 Å². The molecular formula is C9H10F2O2. The maximum Gasteiger partial charge on any atom is 0.421 e. The summed E-state index contributed by atoms with van der Waals surface area (Å²) in [6, 6.07) is 7.89. The van der Waals surface area contributed by atoms with Crippen LogP contribution in [0.3, 0.4) is 0 Å². The molecule has 0 amide bonds. The second-order valence-corrected chi connectivity index (χ2v) is 2.49. The molecule has 0 aliphatic heterocycles. The Balaban J connectivity index is 2.58. The van der Waals surface area contributed by atoms with Crippen molar-refractivity contribution in [2.45, 2.75) is 6.11 Å². The summed E-state index contributed by atoms with van der Waals surface area (Å²) in [5.41, 5.74) is 0. The normalized spacial score (nSPS) is 11.3. The van der Waals surface area contributed by atoms with E-state index in [1.807, 2.05) is 0 Å². The lowest BCUT2D eigenvalue weighted by Gasteiger charge is -2.16. The quantitative estimate of drug-likeness (QED) is 0.721. The molecule has 0 aromatic heterocycles. The molecular weight excluding hydrogens is 178 g/mol. The smallest absolute Gasteiger partial charge is 0.421 e. The molecule has 0 saturated heterocycles. The highest BCUT2D eigenvalue weighted by Crippen LogP contribution is 2.20. The van der Waals surface area contributed by atoms with Gasteiger partial charge in [0.2, 0.25) is 0 Å². The zero-order chi connectivity index (χ0) is 9.73. The van der Waals surface area contributed by atoms with Crippen molar-refractivity contribution in [3.8, 4) is 5.75 Å². The molecule has 0 atom stereocenters. The van der Waals surface area contributed by atoms with Gasteiger partial charge in [0.15, 0.2) is 0 Å². The molecule has 1 aromatic carbocycles. The van der Waals surface area contributed by atoms with E-state index in [0.717, 1.165) is 0 Å². The van der Waals surface area contributed by atoms with Crippen LogP contribution in [0.1, 0.15) is 0 Å². The van der Waals surface area contributed by atoms with Crippen LogP contribution in [0.2, 0.25) is 0 Å². The molecule has 0 saturated carbocycles. The van der Waals surface area contributed by atoms with E-state index in [0.29, 0.717) is 0 Å². The Labute approximate surface area is 75.1 Å². The first kappa shape index (κ1) is 9.92. The highest BCUT2D eigenvalue weighted by Gasteiger charge is 2.31. The largest absolute Gasteiger partial charge is 0.431 e. The predicted molar refractivity (Wildman–Crippen MR) is 43.9 cm³/mol. The SMILES string of the molecule is COCC(F)(F)Oc1ccccc1. The van der Waals surface area contributed by atoms with Crippen molar-refractivity contribution in [2.24, 2.45) is 0 Å². The highest BCUT2D eigenvalue weighted by molar-refractivity contribution is 5.21. The third-order valence-corrected chi connectivity index (χ3v) is 1.32. The Morgan fingerprint density at radius 3 is 2.38 bits per heavy atom. The molecule has 0 bridgehead atoms. The van der Waals surface area contributed by atoms with E-state index in [1.54, 1.807) is 18.2 Å². The number of para-hydroxylation sites is 1. The van der Waals surface area contributed by atoms with Crippen LogP contribution in [-0.4, -0.2) is 19.8 Å². The monoisotopic (exact) mass is 188 g/mol. The Bertz CT molecular complexity index is 249. The number of rotatable bonds is 4. The maximum absolute atomic E-state index is 12.8. The van der Waals surface area contributed by atoms with E-state index < -0.39 is 12.7 Å². The first-order chi connectivity index (χ1) is 6.14. The van der Waals surface area contributed by atoms with Crippen molar-refractivity contribution >= 4 is 0 Å². The fraction of sp³-hybridized carbons (Fsp3) is 0.333. The zero-order valence-corrected chi connectivity index (χ0v) is 7.17. The van der Waals surface area contributed by atoms with Crippen LogP contribution in [0.5, 0.6) is 5.75 Å². The van der Waals surface area contributed by atoms with Crippen LogP contribution in [0.15, 0.2) is 30.3 Å². The summed E-state index contributed by atoms with van der Waals surface area (Å²) in [6.07, 6.45) is -3.27.